The lowest BCUT2D eigenvalue weighted by Gasteiger charge is -2.29. The Morgan fingerprint density at radius 2 is 2.00 bits per heavy atom. The Balaban J connectivity index is 2.04. The number of rotatable bonds is 3. The fraction of sp³-hybridized carbons (Fsp3) is 0.353. The summed E-state index contributed by atoms with van der Waals surface area (Å²) in [5.74, 6) is 0.250. The summed E-state index contributed by atoms with van der Waals surface area (Å²) in [4.78, 5) is 16.5. The highest BCUT2D eigenvalue weighted by Crippen LogP contribution is 2.42. The molecule has 1 aliphatic carbocycles. The van der Waals surface area contributed by atoms with Crippen LogP contribution in [0.1, 0.15) is 18.4 Å². The van der Waals surface area contributed by atoms with Crippen LogP contribution < -0.4 is 4.90 Å². The Morgan fingerprint density at radius 1 is 1.25 bits per heavy atom. The van der Waals surface area contributed by atoms with Crippen LogP contribution in [0.3, 0.4) is 0 Å². The first kappa shape index (κ1) is 13.1. The second-order valence-electron chi connectivity index (χ2n) is 5.78. The number of nitrogens with zero attached hydrogens (tertiary/aromatic N) is 2. The van der Waals surface area contributed by atoms with Crippen LogP contribution in [-0.4, -0.2) is 38.4 Å². The number of ketones is 1. The third kappa shape index (κ3) is 2.08. The fourth-order valence-electron chi connectivity index (χ4n) is 3.13. The van der Waals surface area contributed by atoms with Gasteiger partial charge in [-0.05, 0) is 50.2 Å². The highest BCUT2D eigenvalue weighted by atomic mass is 16.1. The maximum atomic E-state index is 12.4. The zero-order valence-corrected chi connectivity index (χ0v) is 12.3. The van der Waals surface area contributed by atoms with Gasteiger partial charge in [0.25, 0.3) is 0 Å². The first-order valence-corrected chi connectivity index (χ1v) is 7.02. The number of allylic oxidation sites excluding steroid dienone is 1. The van der Waals surface area contributed by atoms with E-state index in [4.69, 9.17) is 0 Å². The standard InChI is InChI=1S/C17H20N2O/c1-18(2)11-16(20)14-9-8-13-10-12-6-4-5-7-15(12)19(3)17(13)14/h4-7,10H,8-9,11H2,1-3H3. The van der Waals surface area contributed by atoms with E-state index in [-0.39, 0.29) is 5.78 Å². The Hall–Kier alpha value is -1.87. The summed E-state index contributed by atoms with van der Waals surface area (Å²) < 4.78 is 0. The third-order valence-corrected chi connectivity index (χ3v) is 3.99. The molecule has 1 aromatic carbocycles. The number of carbonyl (C=O) groups excluding carboxylic acids is 1. The predicted octanol–water partition coefficient (Wildman–Crippen LogP) is 2.70. The van der Waals surface area contributed by atoms with Gasteiger partial charge in [0.1, 0.15) is 0 Å². The SMILES string of the molecule is CN(C)CC(=O)C1=C2C(=Cc3ccccc3N2C)CC1. The molecule has 0 radical (unpaired) electrons. The maximum absolute atomic E-state index is 12.4. The minimum Gasteiger partial charge on any atom is -0.344 e. The van der Waals surface area contributed by atoms with Crippen molar-refractivity contribution >= 4 is 17.5 Å². The quantitative estimate of drug-likeness (QED) is 0.842. The van der Waals surface area contributed by atoms with E-state index >= 15 is 0 Å². The molecule has 0 spiro atoms. The van der Waals surface area contributed by atoms with Crippen LogP contribution in [0.5, 0.6) is 0 Å². The van der Waals surface area contributed by atoms with Crippen LogP contribution in [0.15, 0.2) is 41.1 Å². The molecule has 0 atom stereocenters. The second-order valence-corrected chi connectivity index (χ2v) is 5.78. The van der Waals surface area contributed by atoms with Crippen molar-refractivity contribution in [1.29, 1.82) is 0 Å². The van der Waals surface area contributed by atoms with Crippen molar-refractivity contribution in [2.24, 2.45) is 0 Å². The Bertz CT molecular complexity index is 626. The molecule has 20 heavy (non-hydrogen) atoms. The maximum Gasteiger partial charge on any atom is 0.174 e. The largest absolute Gasteiger partial charge is 0.344 e. The second kappa shape index (κ2) is 4.91. The summed E-state index contributed by atoms with van der Waals surface area (Å²) in [5, 5.41) is 0. The third-order valence-electron chi connectivity index (χ3n) is 3.99. The van der Waals surface area contributed by atoms with Crippen LogP contribution in [0.4, 0.5) is 5.69 Å². The summed E-state index contributed by atoms with van der Waals surface area (Å²) in [6.07, 6.45) is 4.08. The predicted molar refractivity (Wildman–Crippen MR) is 82.6 cm³/mol. The van der Waals surface area contributed by atoms with Crippen molar-refractivity contribution in [2.75, 3.05) is 32.6 Å². The molecule has 1 aromatic rings. The van der Waals surface area contributed by atoms with Gasteiger partial charge in [-0.25, -0.2) is 0 Å². The van der Waals surface area contributed by atoms with E-state index < -0.39 is 0 Å². The molecule has 2 aliphatic rings. The van der Waals surface area contributed by atoms with Gasteiger partial charge in [0.15, 0.2) is 5.78 Å². The number of hydrogen-bond donors (Lipinski definition) is 0. The zero-order valence-electron chi connectivity index (χ0n) is 12.3. The number of carbonyl (C=O) groups is 1. The smallest absolute Gasteiger partial charge is 0.174 e. The highest BCUT2D eigenvalue weighted by molar-refractivity contribution is 6.01. The molecule has 0 saturated carbocycles. The molecule has 0 unspecified atom stereocenters. The van der Waals surface area contributed by atoms with Gasteiger partial charge in [0, 0.05) is 18.3 Å². The monoisotopic (exact) mass is 268 g/mol. The summed E-state index contributed by atoms with van der Waals surface area (Å²) in [5.41, 5.74) is 5.85. The lowest BCUT2D eigenvalue weighted by molar-refractivity contribution is -0.116. The number of hydrogen-bond acceptors (Lipinski definition) is 3. The molecule has 3 heteroatoms. The number of Topliss-reactive ketones (excluding diaryl/α,β-unsaturated/α-hetero) is 1. The van der Waals surface area contributed by atoms with Gasteiger partial charge in [0.05, 0.1) is 12.2 Å². The van der Waals surface area contributed by atoms with Gasteiger partial charge in [-0.2, -0.15) is 0 Å². The van der Waals surface area contributed by atoms with Crippen LogP contribution in [-0.2, 0) is 4.79 Å². The van der Waals surface area contributed by atoms with Gasteiger partial charge in [-0.3, -0.25) is 4.79 Å². The number of benzene rings is 1. The topological polar surface area (TPSA) is 23.6 Å². The van der Waals surface area contributed by atoms with E-state index in [1.54, 1.807) is 0 Å². The van der Waals surface area contributed by atoms with Crippen LogP contribution in [0.25, 0.3) is 6.08 Å². The molecule has 0 bridgehead atoms. The van der Waals surface area contributed by atoms with E-state index in [1.165, 1.54) is 16.8 Å². The van der Waals surface area contributed by atoms with E-state index in [9.17, 15) is 4.79 Å². The van der Waals surface area contributed by atoms with Crippen LogP contribution >= 0.6 is 0 Å². The van der Waals surface area contributed by atoms with Gasteiger partial charge >= 0.3 is 0 Å². The van der Waals surface area contributed by atoms with Crippen molar-refractivity contribution in [2.45, 2.75) is 12.8 Å². The van der Waals surface area contributed by atoms with Crippen molar-refractivity contribution < 1.29 is 4.79 Å². The summed E-state index contributed by atoms with van der Waals surface area (Å²) in [6.45, 7) is 0.488. The average molecular weight is 268 g/mol. The molecule has 1 heterocycles. The Labute approximate surface area is 120 Å². The number of fused-ring (bicyclic) bond motifs is 2. The fourth-order valence-corrected chi connectivity index (χ4v) is 3.13. The van der Waals surface area contributed by atoms with E-state index in [0.29, 0.717) is 6.54 Å². The number of para-hydroxylation sites is 1. The molecular formula is C17H20N2O. The van der Waals surface area contributed by atoms with Crippen molar-refractivity contribution in [3.8, 4) is 0 Å². The first-order valence-electron chi connectivity index (χ1n) is 7.02. The molecule has 0 saturated heterocycles. The molecular weight excluding hydrogens is 248 g/mol. The van der Waals surface area contributed by atoms with Crippen LogP contribution in [0, 0.1) is 0 Å². The average Bonchev–Trinajstić information content (AvgIpc) is 2.82. The molecule has 3 nitrogen and oxygen atoms in total. The van der Waals surface area contributed by atoms with Gasteiger partial charge in [0.2, 0.25) is 0 Å². The first-order chi connectivity index (χ1) is 9.58. The van der Waals surface area contributed by atoms with E-state index in [2.05, 4.69) is 36.2 Å². The molecule has 0 N–H and O–H groups in total. The van der Waals surface area contributed by atoms with E-state index in [0.717, 1.165) is 24.1 Å². The summed E-state index contributed by atoms with van der Waals surface area (Å²) in [6, 6.07) is 8.35. The summed E-state index contributed by atoms with van der Waals surface area (Å²) in [7, 11) is 5.94. The van der Waals surface area contributed by atoms with Crippen molar-refractivity contribution in [3.05, 3.63) is 46.7 Å². The minimum absolute atomic E-state index is 0.250. The van der Waals surface area contributed by atoms with E-state index in [1.807, 2.05) is 25.1 Å². The minimum atomic E-state index is 0.250. The van der Waals surface area contributed by atoms with Gasteiger partial charge in [-0.1, -0.05) is 18.2 Å². The lowest BCUT2D eigenvalue weighted by atomic mass is 10.00. The Kier molecular flexibility index (Phi) is 3.22. The molecule has 1 aliphatic heterocycles. The molecule has 0 amide bonds. The van der Waals surface area contributed by atoms with Gasteiger partial charge in [-0.15, -0.1) is 0 Å². The van der Waals surface area contributed by atoms with Crippen LogP contribution in [0.2, 0.25) is 0 Å². The number of likely N-dealkylation sites (N-methyl/N-ethyl adjacent to an activating group) is 2. The van der Waals surface area contributed by atoms with Gasteiger partial charge < -0.3 is 9.80 Å². The summed E-state index contributed by atoms with van der Waals surface area (Å²) >= 11 is 0. The Morgan fingerprint density at radius 3 is 2.75 bits per heavy atom. The lowest BCUT2D eigenvalue weighted by Crippen LogP contribution is -2.26. The normalized spacial score (nSPS) is 17.2. The molecule has 0 aromatic heterocycles. The molecule has 104 valence electrons. The number of anilines is 1. The highest BCUT2D eigenvalue weighted by Gasteiger charge is 2.30. The zero-order chi connectivity index (χ0) is 14.3. The van der Waals surface area contributed by atoms with Crippen molar-refractivity contribution in [1.82, 2.24) is 4.90 Å². The molecule has 0 fully saturated rings. The molecule has 3 rings (SSSR count). The van der Waals surface area contributed by atoms with Crippen molar-refractivity contribution in [3.63, 3.8) is 0 Å².